The number of hydrogen-bond acceptors (Lipinski definition) is 8. The largest absolute Gasteiger partial charge is 0.459 e. The Hall–Kier alpha value is -3.44. The van der Waals surface area contributed by atoms with Crippen molar-refractivity contribution in [2.75, 3.05) is 12.3 Å². The van der Waals surface area contributed by atoms with Crippen molar-refractivity contribution in [1.82, 2.24) is 10.2 Å². The van der Waals surface area contributed by atoms with Gasteiger partial charge in [-0.05, 0) is 29.8 Å². The molecule has 2 heterocycles. The number of rotatable bonds is 6. The summed E-state index contributed by atoms with van der Waals surface area (Å²) in [6.45, 7) is -0.406. The molecule has 3 atom stereocenters. The number of hydrogen-bond donors (Lipinski definition) is 2. The Kier molecular flexibility index (Phi) is 5.85. The number of carbonyl (C=O) groups excluding carboxylic acids is 3. The van der Waals surface area contributed by atoms with Gasteiger partial charge in [0.15, 0.2) is 5.60 Å². The number of carbonyl (C=O) groups is 3. The third-order valence-corrected chi connectivity index (χ3v) is 6.80. The quantitative estimate of drug-likeness (QED) is 0.284. The number of nitrogens with zero attached hydrogens (tertiary/aromatic N) is 2. The summed E-state index contributed by atoms with van der Waals surface area (Å²) in [5, 5.41) is 23.8. The second kappa shape index (κ2) is 8.60. The van der Waals surface area contributed by atoms with Gasteiger partial charge in [-0.1, -0.05) is 18.2 Å². The van der Waals surface area contributed by atoms with Gasteiger partial charge in [-0.15, -0.1) is 11.8 Å². The zero-order valence-electron chi connectivity index (χ0n) is 16.7. The standard InChI is InChI=1S/C21H19N3O7S/c25-17(14-4-2-1-3-5-14)22-16-18(26)23-11-21(28,12-32-19(16)23)20(27)31-10-13-6-8-15(9-7-13)24(29)30/h1-9,16,19,28H,10-12H2,(H,22,25)/t16?,19-,21?/m1/s1. The Morgan fingerprint density at radius 1 is 1.22 bits per heavy atom. The number of nitrogens with one attached hydrogen (secondary N) is 1. The molecule has 166 valence electrons. The highest BCUT2D eigenvalue weighted by molar-refractivity contribution is 8.00. The molecule has 0 saturated carbocycles. The van der Waals surface area contributed by atoms with Crippen LogP contribution in [0.4, 0.5) is 5.69 Å². The maximum absolute atomic E-state index is 12.5. The lowest BCUT2D eigenvalue weighted by Crippen LogP contribution is -2.75. The molecule has 0 radical (unpaired) electrons. The molecule has 10 nitrogen and oxygen atoms in total. The molecule has 2 amide bonds. The second-order valence-corrected chi connectivity index (χ2v) is 8.62. The van der Waals surface area contributed by atoms with Gasteiger partial charge in [-0.25, -0.2) is 4.79 Å². The number of amides is 2. The third kappa shape index (κ3) is 4.16. The lowest BCUT2D eigenvalue weighted by atomic mass is 9.99. The van der Waals surface area contributed by atoms with Crippen molar-refractivity contribution in [2.45, 2.75) is 23.6 Å². The highest BCUT2D eigenvalue weighted by Crippen LogP contribution is 2.39. The van der Waals surface area contributed by atoms with Crippen LogP contribution in [0.5, 0.6) is 0 Å². The third-order valence-electron chi connectivity index (χ3n) is 5.29. The SMILES string of the molecule is O=C(NC1C(=O)N2CC(O)(C(=O)OCc3ccc([N+](=O)[O-])cc3)CS[C@H]12)c1ccccc1. The van der Waals surface area contributed by atoms with Crippen molar-refractivity contribution in [3.63, 3.8) is 0 Å². The predicted molar refractivity (Wildman–Crippen MR) is 113 cm³/mol. The van der Waals surface area contributed by atoms with Gasteiger partial charge < -0.3 is 20.1 Å². The number of β-lactam (4-membered cyclic amide) rings is 1. The van der Waals surface area contributed by atoms with Crippen LogP contribution in [0.15, 0.2) is 54.6 Å². The highest BCUT2D eigenvalue weighted by Gasteiger charge is 2.57. The molecule has 0 aliphatic carbocycles. The van der Waals surface area contributed by atoms with Crippen molar-refractivity contribution < 1.29 is 29.2 Å². The molecule has 4 rings (SSSR count). The molecule has 2 unspecified atom stereocenters. The number of nitro benzene ring substituents is 1. The summed E-state index contributed by atoms with van der Waals surface area (Å²) >= 11 is 1.19. The first-order valence-corrected chi connectivity index (χ1v) is 10.7. The van der Waals surface area contributed by atoms with Crippen LogP contribution in [-0.4, -0.2) is 62.0 Å². The van der Waals surface area contributed by atoms with Gasteiger partial charge in [0.2, 0.25) is 5.91 Å². The highest BCUT2D eigenvalue weighted by atomic mass is 32.2. The molecule has 2 fully saturated rings. The van der Waals surface area contributed by atoms with Gasteiger partial charge >= 0.3 is 5.97 Å². The van der Waals surface area contributed by atoms with E-state index in [0.717, 1.165) is 0 Å². The van der Waals surface area contributed by atoms with Crippen LogP contribution in [0.2, 0.25) is 0 Å². The van der Waals surface area contributed by atoms with E-state index in [4.69, 9.17) is 4.74 Å². The molecule has 2 aliphatic rings. The summed E-state index contributed by atoms with van der Waals surface area (Å²) in [7, 11) is 0. The van der Waals surface area contributed by atoms with Crippen LogP contribution in [0.1, 0.15) is 15.9 Å². The second-order valence-electron chi connectivity index (χ2n) is 7.52. The van der Waals surface area contributed by atoms with Gasteiger partial charge in [-0.3, -0.25) is 19.7 Å². The number of aliphatic hydroxyl groups is 1. The lowest BCUT2D eigenvalue weighted by Gasteiger charge is -2.52. The van der Waals surface area contributed by atoms with E-state index in [1.54, 1.807) is 30.3 Å². The van der Waals surface area contributed by atoms with Crippen LogP contribution < -0.4 is 5.32 Å². The van der Waals surface area contributed by atoms with Crippen molar-refractivity contribution in [1.29, 1.82) is 0 Å². The maximum atomic E-state index is 12.5. The first-order chi connectivity index (χ1) is 15.3. The van der Waals surface area contributed by atoms with Gasteiger partial charge in [0.1, 0.15) is 18.0 Å². The lowest BCUT2D eigenvalue weighted by molar-refractivity contribution is -0.384. The minimum absolute atomic E-state index is 0.00174. The van der Waals surface area contributed by atoms with Gasteiger partial charge in [0.05, 0.1) is 11.5 Å². The number of non-ortho nitro benzene ring substituents is 1. The average Bonchev–Trinajstić information content (AvgIpc) is 2.81. The maximum Gasteiger partial charge on any atom is 0.341 e. The normalized spacial score (nSPS) is 24.2. The van der Waals surface area contributed by atoms with Crippen LogP contribution in [0.3, 0.4) is 0 Å². The summed E-state index contributed by atoms with van der Waals surface area (Å²) in [5.41, 5.74) is -1.01. The molecule has 2 saturated heterocycles. The summed E-state index contributed by atoms with van der Waals surface area (Å²) in [4.78, 5) is 48.9. The Balaban J connectivity index is 1.32. The molecule has 32 heavy (non-hydrogen) atoms. The summed E-state index contributed by atoms with van der Waals surface area (Å²) in [6, 6.07) is 13.3. The molecule has 11 heteroatoms. The summed E-state index contributed by atoms with van der Waals surface area (Å²) in [5.74, 6) is -1.63. The van der Waals surface area contributed by atoms with Crippen LogP contribution >= 0.6 is 11.8 Å². The van der Waals surface area contributed by atoms with Crippen LogP contribution in [0.25, 0.3) is 0 Å². The molecule has 2 aliphatic heterocycles. The van der Waals surface area contributed by atoms with Crippen LogP contribution in [-0.2, 0) is 20.9 Å². The van der Waals surface area contributed by atoms with E-state index in [-0.39, 0.29) is 41.8 Å². The first kappa shape index (κ1) is 21.8. The van der Waals surface area contributed by atoms with E-state index in [9.17, 15) is 29.6 Å². The van der Waals surface area contributed by atoms with Crippen molar-refractivity contribution in [3.05, 3.63) is 75.8 Å². The number of thioether (sulfide) groups is 1. The zero-order chi connectivity index (χ0) is 22.9. The molecular formula is C21H19N3O7S. The van der Waals surface area contributed by atoms with Crippen LogP contribution in [0, 0.1) is 10.1 Å². The number of ether oxygens (including phenoxy) is 1. The smallest absolute Gasteiger partial charge is 0.341 e. The molecule has 2 aromatic carbocycles. The van der Waals surface area contributed by atoms with E-state index >= 15 is 0 Å². The monoisotopic (exact) mass is 457 g/mol. The first-order valence-electron chi connectivity index (χ1n) is 9.69. The zero-order valence-corrected chi connectivity index (χ0v) is 17.5. The van der Waals surface area contributed by atoms with Crippen molar-refractivity contribution in [2.24, 2.45) is 0 Å². The Morgan fingerprint density at radius 3 is 2.56 bits per heavy atom. The van der Waals surface area contributed by atoms with Crippen molar-refractivity contribution in [3.8, 4) is 0 Å². The van der Waals surface area contributed by atoms with E-state index in [1.807, 2.05) is 0 Å². The fourth-order valence-corrected chi connectivity index (χ4v) is 4.89. The van der Waals surface area contributed by atoms with Gasteiger partial charge in [0.25, 0.3) is 11.6 Å². The Labute approximate surface area is 186 Å². The number of esters is 1. The van der Waals surface area contributed by atoms with E-state index in [0.29, 0.717) is 11.1 Å². The van der Waals surface area contributed by atoms with Crippen molar-refractivity contribution >= 4 is 35.2 Å². The average molecular weight is 457 g/mol. The van der Waals surface area contributed by atoms with E-state index in [2.05, 4.69) is 5.32 Å². The molecule has 0 aromatic heterocycles. The Morgan fingerprint density at radius 2 is 1.91 bits per heavy atom. The summed E-state index contributed by atoms with van der Waals surface area (Å²) in [6.07, 6.45) is 0. The Bertz CT molecular complexity index is 1060. The fraction of sp³-hybridized carbons (Fsp3) is 0.286. The molecule has 0 spiro atoms. The minimum Gasteiger partial charge on any atom is -0.459 e. The minimum atomic E-state index is -1.88. The molecule has 2 aromatic rings. The molecular weight excluding hydrogens is 438 g/mol. The number of fused-ring (bicyclic) bond motifs is 1. The number of benzene rings is 2. The van der Waals surface area contributed by atoms with E-state index in [1.165, 1.54) is 40.9 Å². The number of nitro groups is 1. The molecule has 2 N–H and O–H groups in total. The van der Waals surface area contributed by atoms with E-state index < -0.39 is 22.5 Å². The fourth-order valence-electron chi connectivity index (χ4n) is 3.50. The topological polar surface area (TPSA) is 139 Å². The molecule has 0 bridgehead atoms. The summed E-state index contributed by atoms with van der Waals surface area (Å²) < 4.78 is 5.18. The van der Waals surface area contributed by atoms with Gasteiger partial charge in [0, 0.05) is 23.4 Å². The van der Waals surface area contributed by atoms with Gasteiger partial charge in [-0.2, -0.15) is 0 Å². The predicted octanol–water partition coefficient (Wildman–Crippen LogP) is 1.08.